The molecule has 0 spiro atoms. The zero-order valence-electron chi connectivity index (χ0n) is 10.7. The highest BCUT2D eigenvalue weighted by Crippen LogP contribution is 2.29. The fourth-order valence-corrected chi connectivity index (χ4v) is 2.81. The van der Waals surface area contributed by atoms with Crippen molar-refractivity contribution in [1.82, 2.24) is 0 Å². The van der Waals surface area contributed by atoms with E-state index in [1.165, 1.54) is 25.7 Å². The van der Waals surface area contributed by atoms with E-state index in [0.717, 1.165) is 28.9 Å². The number of benzene rings is 1. The largest absolute Gasteiger partial charge is 0.385 e. The van der Waals surface area contributed by atoms with Crippen LogP contribution < -0.4 is 10.2 Å². The maximum absolute atomic E-state index is 6.24. The van der Waals surface area contributed by atoms with Crippen molar-refractivity contribution in [1.29, 1.82) is 0 Å². The van der Waals surface area contributed by atoms with E-state index in [1.54, 1.807) is 0 Å². The molecule has 3 heteroatoms. The van der Waals surface area contributed by atoms with Gasteiger partial charge in [-0.25, -0.2) is 0 Å². The van der Waals surface area contributed by atoms with Crippen molar-refractivity contribution in [2.45, 2.75) is 25.7 Å². The van der Waals surface area contributed by atoms with Crippen LogP contribution in [0.1, 0.15) is 25.7 Å². The van der Waals surface area contributed by atoms with Gasteiger partial charge in [-0.05, 0) is 37.0 Å². The van der Waals surface area contributed by atoms with Gasteiger partial charge < -0.3 is 10.2 Å². The molecule has 0 bridgehead atoms. The highest BCUT2D eigenvalue weighted by molar-refractivity contribution is 6.33. The smallest absolute Gasteiger partial charge is 0.0659 e. The first-order chi connectivity index (χ1) is 8.16. The number of hydrogen-bond donors (Lipinski definition) is 1. The van der Waals surface area contributed by atoms with Crippen LogP contribution in [0.5, 0.6) is 0 Å². The third kappa shape index (κ3) is 3.29. The predicted octanol–water partition coefficient (Wildman–Crippen LogP) is 4.01. The monoisotopic (exact) mass is 252 g/mol. The van der Waals surface area contributed by atoms with Crippen LogP contribution in [0.2, 0.25) is 5.02 Å². The van der Waals surface area contributed by atoms with Crippen molar-refractivity contribution >= 4 is 23.0 Å². The molecule has 0 aliphatic heterocycles. The Morgan fingerprint density at radius 3 is 2.59 bits per heavy atom. The van der Waals surface area contributed by atoms with Crippen LogP contribution in [0.4, 0.5) is 11.4 Å². The highest BCUT2D eigenvalue weighted by atomic mass is 35.5. The second-order valence-electron chi connectivity index (χ2n) is 5.09. The molecule has 1 aliphatic rings. The molecule has 2 rings (SSSR count). The number of rotatable bonds is 4. The number of nitrogens with zero attached hydrogens (tertiary/aromatic N) is 1. The molecule has 0 heterocycles. The standard InChI is InChI=1S/C14H21ClN2/c1-17(2)14-8-7-12(9-13(14)15)16-10-11-5-3-4-6-11/h7-9,11,16H,3-6,10H2,1-2H3. The van der Waals surface area contributed by atoms with E-state index in [4.69, 9.17) is 11.6 Å². The summed E-state index contributed by atoms with van der Waals surface area (Å²) in [5.74, 6) is 0.849. The molecule has 94 valence electrons. The Labute approximate surface area is 109 Å². The van der Waals surface area contributed by atoms with Crippen molar-refractivity contribution < 1.29 is 0 Å². The number of halogens is 1. The van der Waals surface area contributed by atoms with Gasteiger partial charge in [0.05, 0.1) is 10.7 Å². The summed E-state index contributed by atoms with van der Waals surface area (Å²) in [6.07, 6.45) is 5.53. The second kappa shape index (κ2) is 5.63. The summed E-state index contributed by atoms with van der Waals surface area (Å²) >= 11 is 6.24. The minimum absolute atomic E-state index is 0.812. The van der Waals surface area contributed by atoms with Crippen molar-refractivity contribution in [2.24, 2.45) is 5.92 Å². The summed E-state index contributed by atoms with van der Waals surface area (Å²) < 4.78 is 0. The fourth-order valence-electron chi connectivity index (χ4n) is 2.46. The lowest BCUT2D eigenvalue weighted by Crippen LogP contribution is -2.12. The molecule has 0 saturated heterocycles. The van der Waals surface area contributed by atoms with Gasteiger partial charge in [-0.15, -0.1) is 0 Å². The third-order valence-electron chi connectivity index (χ3n) is 3.50. The summed E-state index contributed by atoms with van der Waals surface area (Å²) in [7, 11) is 4.01. The Hall–Kier alpha value is -0.890. The van der Waals surface area contributed by atoms with Gasteiger partial charge in [0.25, 0.3) is 0 Å². The molecule has 1 aromatic carbocycles. The maximum Gasteiger partial charge on any atom is 0.0659 e. The van der Waals surface area contributed by atoms with Gasteiger partial charge in [0.1, 0.15) is 0 Å². The Kier molecular flexibility index (Phi) is 4.16. The molecule has 2 nitrogen and oxygen atoms in total. The summed E-state index contributed by atoms with van der Waals surface area (Å²) in [5.41, 5.74) is 2.20. The van der Waals surface area contributed by atoms with Gasteiger partial charge in [0.2, 0.25) is 0 Å². The SMILES string of the molecule is CN(C)c1ccc(NCC2CCCC2)cc1Cl. The lowest BCUT2D eigenvalue weighted by molar-refractivity contribution is 0.580. The van der Waals surface area contributed by atoms with Gasteiger partial charge in [-0.1, -0.05) is 24.4 Å². The molecule has 1 saturated carbocycles. The topological polar surface area (TPSA) is 15.3 Å². The number of anilines is 2. The van der Waals surface area contributed by atoms with Crippen LogP contribution >= 0.6 is 11.6 Å². The van der Waals surface area contributed by atoms with E-state index >= 15 is 0 Å². The Morgan fingerprint density at radius 2 is 2.00 bits per heavy atom. The van der Waals surface area contributed by atoms with Gasteiger partial charge in [0.15, 0.2) is 0 Å². The molecule has 1 N–H and O–H groups in total. The lowest BCUT2D eigenvalue weighted by Gasteiger charge is -2.17. The molecular weight excluding hydrogens is 232 g/mol. The average Bonchev–Trinajstić information content (AvgIpc) is 2.78. The Bertz CT molecular complexity index is 370. The quantitative estimate of drug-likeness (QED) is 0.871. The molecular formula is C14H21ClN2. The zero-order chi connectivity index (χ0) is 12.3. The highest BCUT2D eigenvalue weighted by Gasteiger charge is 2.14. The first-order valence-electron chi connectivity index (χ1n) is 6.37. The fraction of sp³-hybridized carbons (Fsp3) is 0.571. The first-order valence-corrected chi connectivity index (χ1v) is 6.75. The van der Waals surface area contributed by atoms with Crippen molar-refractivity contribution in [3.8, 4) is 0 Å². The van der Waals surface area contributed by atoms with Crippen LogP contribution in [-0.4, -0.2) is 20.6 Å². The second-order valence-corrected chi connectivity index (χ2v) is 5.50. The molecule has 0 atom stereocenters. The normalized spacial score (nSPS) is 16.2. The molecule has 0 unspecified atom stereocenters. The summed E-state index contributed by atoms with van der Waals surface area (Å²) in [6.45, 7) is 1.08. The van der Waals surface area contributed by atoms with Crippen molar-refractivity contribution in [3.05, 3.63) is 23.2 Å². The maximum atomic E-state index is 6.24. The van der Waals surface area contributed by atoms with E-state index < -0.39 is 0 Å². The molecule has 17 heavy (non-hydrogen) atoms. The summed E-state index contributed by atoms with van der Waals surface area (Å²) in [6, 6.07) is 6.20. The van der Waals surface area contributed by atoms with Gasteiger partial charge in [0, 0.05) is 26.3 Å². The van der Waals surface area contributed by atoms with Crippen molar-refractivity contribution in [2.75, 3.05) is 30.9 Å². The molecule has 1 aliphatic carbocycles. The van der Waals surface area contributed by atoms with E-state index in [2.05, 4.69) is 17.4 Å². The van der Waals surface area contributed by atoms with Crippen LogP contribution in [0, 0.1) is 5.92 Å². The van der Waals surface area contributed by atoms with E-state index in [0.29, 0.717) is 0 Å². The predicted molar refractivity (Wildman–Crippen MR) is 76.2 cm³/mol. The van der Waals surface area contributed by atoms with Crippen molar-refractivity contribution in [3.63, 3.8) is 0 Å². The van der Waals surface area contributed by atoms with Crippen LogP contribution in [0.3, 0.4) is 0 Å². The van der Waals surface area contributed by atoms with Gasteiger partial charge >= 0.3 is 0 Å². The van der Waals surface area contributed by atoms with E-state index in [9.17, 15) is 0 Å². The molecule has 0 radical (unpaired) electrons. The Balaban J connectivity index is 1.94. The third-order valence-corrected chi connectivity index (χ3v) is 3.80. The molecule has 0 aromatic heterocycles. The number of hydrogen-bond acceptors (Lipinski definition) is 2. The van der Waals surface area contributed by atoms with Gasteiger partial charge in [-0.2, -0.15) is 0 Å². The van der Waals surface area contributed by atoms with Crippen LogP contribution in [0.25, 0.3) is 0 Å². The summed E-state index contributed by atoms with van der Waals surface area (Å²) in [4.78, 5) is 2.03. The first kappa shape index (κ1) is 12.6. The Morgan fingerprint density at radius 1 is 1.29 bits per heavy atom. The molecule has 1 fully saturated rings. The van der Waals surface area contributed by atoms with Crippen LogP contribution in [-0.2, 0) is 0 Å². The number of nitrogens with one attached hydrogen (secondary N) is 1. The summed E-state index contributed by atoms with van der Waals surface area (Å²) in [5, 5.41) is 4.30. The van der Waals surface area contributed by atoms with E-state index in [-0.39, 0.29) is 0 Å². The van der Waals surface area contributed by atoms with Gasteiger partial charge in [-0.3, -0.25) is 0 Å². The molecule has 1 aromatic rings. The molecule has 0 amide bonds. The zero-order valence-corrected chi connectivity index (χ0v) is 11.4. The lowest BCUT2D eigenvalue weighted by atomic mass is 10.1. The average molecular weight is 253 g/mol. The minimum Gasteiger partial charge on any atom is -0.385 e. The van der Waals surface area contributed by atoms with E-state index in [1.807, 2.05) is 25.1 Å². The minimum atomic E-state index is 0.812. The van der Waals surface area contributed by atoms with Crippen LogP contribution in [0.15, 0.2) is 18.2 Å².